The third kappa shape index (κ3) is 3.30. The summed E-state index contributed by atoms with van der Waals surface area (Å²) in [4.78, 5) is 0. The first-order valence-corrected chi connectivity index (χ1v) is 3.77. The summed E-state index contributed by atoms with van der Waals surface area (Å²) in [6.07, 6.45) is 1.28. The molecular weight excluding hydrogens is 183 g/mol. The zero-order valence-electron chi connectivity index (χ0n) is 5.63. The lowest BCUT2D eigenvalue weighted by atomic mass is 10.3. The van der Waals surface area contributed by atoms with Gasteiger partial charge in [-0.25, -0.2) is 0 Å². The molecule has 1 aromatic carbocycles. The Morgan fingerprint density at radius 1 is 1.18 bits per heavy atom. The fraction of sp³-hybridized carbons (Fsp3) is 0. The van der Waals surface area contributed by atoms with E-state index in [0.717, 1.165) is 0 Å². The van der Waals surface area contributed by atoms with Crippen molar-refractivity contribution in [2.45, 2.75) is 0 Å². The molecule has 0 aromatic heterocycles. The van der Waals surface area contributed by atoms with Crippen LogP contribution in [-0.4, -0.2) is 0 Å². The van der Waals surface area contributed by atoms with Crippen LogP contribution in [-0.2, 0) is 0 Å². The molecule has 0 N–H and O–H groups in total. The zero-order chi connectivity index (χ0) is 8.10. The molecule has 0 unspecified atom stereocenters. The van der Waals surface area contributed by atoms with Crippen LogP contribution in [0.3, 0.4) is 0 Å². The van der Waals surface area contributed by atoms with Gasteiger partial charge in [0.25, 0.3) is 0 Å². The fourth-order valence-electron chi connectivity index (χ4n) is 0.612. The maximum atomic E-state index is 5.33. The zero-order valence-corrected chi connectivity index (χ0v) is 7.14. The number of halogens is 2. The predicted octanol–water partition coefficient (Wildman–Crippen LogP) is 3.34. The van der Waals surface area contributed by atoms with E-state index in [0.29, 0.717) is 5.75 Å². The summed E-state index contributed by atoms with van der Waals surface area (Å²) in [5, 5.41) is 0. The van der Waals surface area contributed by atoms with Crippen molar-refractivity contribution in [2.75, 3.05) is 0 Å². The quantitative estimate of drug-likeness (QED) is 0.648. The lowest BCUT2D eigenvalue weighted by molar-refractivity contribution is 0.481. The van der Waals surface area contributed by atoms with Crippen LogP contribution in [0.5, 0.6) is 5.75 Å². The molecule has 0 saturated carbocycles. The molecule has 0 bridgehead atoms. The van der Waals surface area contributed by atoms with Crippen molar-refractivity contribution in [1.82, 2.24) is 0 Å². The Morgan fingerprint density at radius 2 is 1.82 bits per heavy atom. The van der Waals surface area contributed by atoms with E-state index in [4.69, 9.17) is 27.9 Å². The van der Waals surface area contributed by atoms with Crippen molar-refractivity contribution in [3.8, 4) is 5.75 Å². The average Bonchev–Trinajstić information content (AvgIpc) is 2.03. The van der Waals surface area contributed by atoms with Gasteiger partial charge in [-0.15, -0.1) is 0 Å². The van der Waals surface area contributed by atoms with E-state index < -0.39 is 0 Å². The van der Waals surface area contributed by atoms with Crippen LogP contribution >= 0.6 is 23.2 Å². The van der Waals surface area contributed by atoms with Crippen molar-refractivity contribution in [2.24, 2.45) is 0 Å². The highest BCUT2D eigenvalue weighted by molar-refractivity contribution is 6.55. The average molecular weight is 189 g/mol. The van der Waals surface area contributed by atoms with Crippen LogP contribution in [0.2, 0.25) is 0 Å². The number of para-hydroxylation sites is 1. The number of rotatable bonds is 2. The Morgan fingerprint density at radius 3 is 2.36 bits per heavy atom. The van der Waals surface area contributed by atoms with Crippen LogP contribution in [0.15, 0.2) is 41.1 Å². The molecule has 0 fully saturated rings. The third-order valence-corrected chi connectivity index (χ3v) is 1.21. The Labute approximate surface area is 75.2 Å². The van der Waals surface area contributed by atoms with Crippen LogP contribution < -0.4 is 4.74 Å². The summed E-state index contributed by atoms with van der Waals surface area (Å²) in [7, 11) is 0. The van der Waals surface area contributed by atoms with E-state index in [1.54, 1.807) is 0 Å². The van der Waals surface area contributed by atoms with Gasteiger partial charge in [0, 0.05) is 0 Å². The van der Waals surface area contributed by atoms with Crippen LogP contribution in [0.4, 0.5) is 0 Å². The van der Waals surface area contributed by atoms with E-state index in [9.17, 15) is 0 Å². The maximum absolute atomic E-state index is 5.33. The van der Waals surface area contributed by atoms with Gasteiger partial charge in [0.1, 0.15) is 16.5 Å². The van der Waals surface area contributed by atoms with Gasteiger partial charge in [-0.2, -0.15) is 0 Å². The van der Waals surface area contributed by atoms with Gasteiger partial charge < -0.3 is 4.74 Å². The van der Waals surface area contributed by atoms with Crippen LogP contribution in [0.1, 0.15) is 0 Å². The minimum absolute atomic E-state index is 0.105. The lowest BCUT2D eigenvalue weighted by Crippen LogP contribution is -1.79. The summed E-state index contributed by atoms with van der Waals surface area (Å²) in [6.45, 7) is 0. The van der Waals surface area contributed by atoms with Crippen LogP contribution in [0, 0.1) is 0 Å². The van der Waals surface area contributed by atoms with Gasteiger partial charge in [-0.3, -0.25) is 0 Å². The Balaban J connectivity index is 2.59. The van der Waals surface area contributed by atoms with Crippen molar-refractivity contribution in [3.63, 3.8) is 0 Å². The highest BCUT2D eigenvalue weighted by Gasteiger charge is 1.87. The third-order valence-electron chi connectivity index (χ3n) is 1.03. The highest BCUT2D eigenvalue weighted by atomic mass is 35.5. The Kier molecular flexibility index (Phi) is 3.27. The van der Waals surface area contributed by atoms with E-state index in [-0.39, 0.29) is 4.49 Å². The molecule has 1 aromatic rings. The predicted molar refractivity (Wildman–Crippen MR) is 46.9 cm³/mol. The summed E-state index contributed by atoms with van der Waals surface area (Å²) in [5.74, 6) is 0.714. The molecule has 0 aliphatic heterocycles. The topological polar surface area (TPSA) is 9.23 Å². The highest BCUT2D eigenvalue weighted by Crippen LogP contribution is 2.12. The molecule has 0 aliphatic rings. The number of hydrogen-bond donors (Lipinski definition) is 0. The van der Waals surface area contributed by atoms with Crippen molar-refractivity contribution in [3.05, 3.63) is 41.1 Å². The summed E-state index contributed by atoms with van der Waals surface area (Å²) >= 11 is 10.7. The monoisotopic (exact) mass is 188 g/mol. The number of ether oxygens (including phenoxy) is 1. The van der Waals surface area contributed by atoms with Crippen LogP contribution in [0.25, 0.3) is 0 Å². The smallest absolute Gasteiger partial charge is 0.141 e. The standard InChI is InChI=1S/C8H6Cl2O/c9-8(10)6-11-7-4-2-1-3-5-7/h1-6H. The van der Waals surface area contributed by atoms with Gasteiger partial charge in [0.05, 0.1) is 0 Å². The second-order valence-corrected chi connectivity index (χ2v) is 2.85. The number of hydrogen-bond acceptors (Lipinski definition) is 1. The summed E-state index contributed by atoms with van der Waals surface area (Å²) < 4.78 is 5.15. The van der Waals surface area contributed by atoms with Crippen molar-refractivity contribution < 1.29 is 4.74 Å². The van der Waals surface area contributed by atoms with Crippen molar-refractivity contribution >= 4 is 23.2 Å². The maximum Gasteiger partial charge on any atom is 0.141 e. The minimum Gasteiger partial charge on any atom is -0.463 e. The molecule has 58 valence electrons. The first-order chi connectivity index (χ1) is 5.29. The van der Waals surface area contributed by atoms with Crippen molar-refractivity contribution in [1.29, 1.82) is 0 Å². The van der Waals surface area contributed by atoms with Gasteiger partial charge in [0.15, 0.2) is 0 Å². The SMILES string of the molecule is ClC(Cl)=COc1ccccc1. The first kappa shape index (κ1) is 8.44. The van der Waals surface area contributed by atoms with Gasteiger partial charge in [0.2, 0.25) is 0 Å². The molecule has 0 amide bonds. The molecule has 11 heavy (non-hydrogen) atoms. The second kappa shape index (κ2) is 4.27. The summed E-state index contributed by atoms with van der Waals surface area (Å²) in [5.41, 5.74) is 0. The molecule has 0 heterocycles. The molecule has 0 saturated heterocycles. The number of benzene rings is 1. The molecule has 0 radical (unpaired) electrons. The molecular formula is C8H6Cl2O. The molecule has 0 spiro atoms. The van der Waals surface area contributed by atoms with E-state index >= 15 is 0 Å². The minimum atomic E-state index is 0.105. The summed E-state index contributed by atoms with van der Waals surface area (Å²) in [6, 6.07) is 9.26. The second-order valence-electron chi connectivity index (χ2n) is 1.84. The molecule has 1 nitrogen and oxygen atoms in total. The van der Waals surface area contributed by atoms with E-state index in [1.807, 2.05) is 30.3 Å². The Hall–Kier alpha value is -0.660. The molecule has 3 heteroatoms. The normalized spacial score (nSPS) is 8.91. The van der Waals surface area contributed by atoms with Gasteiger partial charge in [-0.1, -0.05) is 41.4 Å². The molecule has 0 aliphatic carbocycles. The fourth-order valence-corrected chi connectivity index (χ4v) is 0.701. The first-order valence-electron chi connectivity index (χ1n) is 3.02. The Bertz CT molecular complexity index is 240. The van der Waals surface area contributed by atoms with Gasteiger partial charge >= 0.3 is 0 Å². The lowest BCUT2D eigenvalue weighted by Gasteiger charge is -1.96. The molecule has 1 rings (SSSR count). The van der Waals surface area contributed by atoms with E-state index in [2.05, 4.69) is 0 Å². The molecule has 0 atom stereocenters. The van der Waals surface area contributed by atoms with E-state index in [1.165, 1.54) is 6.26 Å². The largest absolute Gasteiger partial charge is 0.463 e. The van der Waals surface area contributed by atoms with Gasteiger partial charge in [-0.05, 0) is 12.1 Å².